The Morgan fingerprint density at radius 3 is 1.50 bits per heavy atom. The average molecular weight is 885 g/mol. The van der Waals surface area contributed by atoms with Gasteiger partial charge >= 0.3 is 0 Å². The van der Waals surface area contributed by atoms with Gasteiger partial charge in [0.05, 0.1) is 46.8 Å². The number of rotatable bonds is 19. The second kappa shape index (κ2) is 21.0. The first-order valence-electron chi connectivity index (χ1n) is 21.0. The minimum absolute atomic E-state index is 0.0848. The fourth-order valence-corrected chi connectivity index (χ4v) is 7.15. The zero-order valence-corrected chi connectivity index (χ0v) is 36.5. The van der Waals surface area contributed by atoms with Crippen molar-refractivity contribution in [1.29, 1.82) is 0 Å². The van der Waals surface area contributed by atoms with Gasteiger partial charge in [0.1, 0.15) is 28.9 Å². The molecule has 0 atom stereocenters. The number of benzene rings is 6. The molecule has 16 nitrogen and oxygen atoms in total. The predicted octanol–water partition coefficient (Wildman–Crippen LogP) is 8.38. The van der Waals surface area contributed by atoms with Crippen molar-refractivity contribution in [3.05, 3.63) is 173 Å². The molecule has 8 rings (SSSR count). The minimum Gasteiger partial charge on any atom is -0.497 e. The van der Waals surface area contributed by atoms with Crippen LogP contribution in [-0.4, -0.2) is 66.6 Å². The van der Waals surface area contributed by atoms with Crippen molar-refractivity contribution in [2.24, 2.45) is 0 Å². The maximum absolute atomic E-state index is 10.6. The summed E-state index contributed by atoms with van der Waals surface area (Å²) in [5.41, 5.74) is 8.29. The molecule has 334 valence electrons. The molecule has 66 heavy (non-hydrogen) atoms. The van der Waals surface area contributed by atoms with Crippen LogP contribution >= 0.6 is 0 Å². The molecule has 0 unspecified atom stereocenters. The van der Waals surface area contributed by atoms with E-state index >= 15 is 0 Å². The molecule has 0 radical (unpaired) electrons. The summed E-state index contributed by atoms with van der Waals surface area (Å²) in [4.78, 5) is 28.3. The Balaban J connectivity index is 1.06. The molecule has 0 saturated heterocycles. The second-order valence-corrected chi connectivity index (χ2v) is 15.0. The second-order valence-electron chi connectivity index (χ2n) is 15.0. The zero-order chi connectivity index (χ0) is 45.8. The van der Waals surface area contributed by atoms with Gasteiger partial charge in [0, 0.05) is 41.5 Å². The normalized spacial score (nSPS) is 10.9. The number of aliphatic hydroxyl groups is 3. The number of nitrogens with zero attached hydrogens (tertiary/aromatic N) is 6. The van der Waals surface area contributed by atoms with Crippen molar-refractivity contribution in [3.63, 3.8) is 0 Å². The van der Waals surface area contributed by atoms with E-state index in [2.05, 4.69) is 31.2 Å². The molecule has 8 aromatic rings. The summed E-state index contributed by atoms with van der Waals surface area (Å²) >= 11 is 0. The fraction of sp³-hybridized carbons (Fsp3) is 0.160. The van der Waals surface area contributed by atoms with Gasteiger partial charge in [-0.1, -0.05) is 66.7 Å². The van der Waals surface area contributed by atoms with E-state index in [1.807, 2.05) is 133 Å². The van der Waals surface area contributed by atoms with Crippen LogP contribution in [0.5, 0.6) is 17.2 Å². The first-order chi connectivity index (χ1) is 32.3. The third-order valence-electron chi connectivity index (χ3n) is 10.4. The monoisotopic (exact) mass is 884 g/mol. The molecule has 2 heterocycles. The quantitative estimate of drug-likeness (QED) is 0.0406. The number of anilines is 8. The van der Waals surface area contributed by atoms with Gasteiger partial charge in [-0.25, -0.2) is 0 Å². The van der Waals surface area contributed by atoms with Crippen LogP contribution in [0.3, 0.4) is 0 Å². The molecule has 2 aromatic heterocycles. The molecule has 7 N–H and O–H groups in total. The molecular weight excluding hydrogens is 837 g/mol. The largest absolute Gasteiger partial charge is 0.497 e. The van der Waals surface area contributed by atoms with Crippen LogP contribution < -0.4 is 35.5 Å². The Morgan fingerprint density at radius 1 is 0.409 bits per heavy atom. The van der Waals surface area contributed by atoms with Gasteiger partial charge in [0.25, 0.3) is 0 Å². The van der Waals surface area contributed by atoms with Crippen LogP contribution in [0.15, 0.2) is 133 Å². The van der Waals surface area contributed by atoms with E-state index < -0.39 is 0 Å². The van der Waals surface area contributed by atoms with Crippen LogP contribution in [0, 0.1) is 0 Å². The SMILES string of the molecule is COc1cccc(Cc2nc(Nc3cccc(OC)c3)nc(Nc3ccc(-c4ccc(Nc5nc(Cc6cccc(CO)c6)nc(Nc6cccc(CO)c6)n5)c(CO)c4)cc3OC)n2)c1. The number of nitrogens with one attached hydrogen (secondary N) is 4. The summed E-state index contributed by atoms with van der Waals surface area (Å²) in [6.45, 7) is -0.474. The summed E-state index contributed by atoms with van der Waals surface area (Å²) in [5.74, 6) is 4.12. The zero-order valence-electron chi connectivity index (χ0n) is 36.5. The van der Waals surface area contributed by atoms with E-state index in [0.29, 0.717) is 70.5 Å². The summed E-state index contributed by atoms with van der Waals surface area (Å²) in [7, 11) is 4.83. The molecule has 0 saturated carbocycles. The fourth-order valence-electron chi connectivity index (χ4n) is 7.15. The lowest BCUT2D eigenvalue weighted by Gasteiger charge is -2.16. The average Bonchev–Trinajstić information content (AvgIpc) is 3.34. The maximum atomic E-state index is 10.6. The Bertz CT molecular complexity index is 2620. The molecule has 16 heteroatoms. The van der Waals surface area contributed by atoms with Crippen molar-refractivity contribution in [3.8, 4) is 28.4 Å². The molecule has 0 aliphatic rings. The van der Waals surface area contributed by atoms with Gasteiger partial charge < -0.3 is 50.8 Å². The Kier molecular flexibility index (Phi) is 14.1. The van der Waals surface area contributed by atoms with E-state index in [4.69, 9.17) is 34.1 Å². The van der Waals surface area contributed by atoms with Crippen LogP contribution in [0.25, 0.3) is 11.1 Å². The lowest BCUT2D eigenvalue weighted by molar-refractivity contribution is 0.281. The maximum Gasteiger partial charge on any atom is 0.232 e. The summed E-state index contributed by atoms with van der Waals surface area (Å²) in [5, 5.41) is 43.2. The third kappa shape index (κ3) is 11.3. The Hall–Kier alpha value is -8.18. The number of hydrogen-bond donors (Lipinski definition) is 7. The lowest BCUT2D eigenvalue weighted by atomic mass is 10.0. The number of aliphatic hydroxyl groups excluding tert-OH is 3. The minimum atomic E-state index is -0.276. The third-order valence-corrected chi connectivity index (χ3v) is 10.4. The van der Waals surface area contributed by atoms with Gasteiger partial charge in [0.15, 0.2) is 0 Å². The lowest BCUT2D eigenvalue weighted by Crippen LogP contribution is -2.09. The highest BCUT2D eigenvalue weighted by atomic mass is 16.5. The Morgan fingerprint density at radius 2 is 0.894 bits per heavy atom. The van der Waals surface area contributed by atoms with E-state index in [1.54, 1.807) is 21.3 Å². The predicted molar refractivity (Wildman–Crippen MR) is 253 cm³/mol. The van der Waals surface area contributed by atoms with E-state index in [-0.39, 0.29) is 31.7 Å². The molecular formula is C50H48N10O6. The van der Waals surface area contributed by atoms with Crippen LogP contribution in [0.2, 0.25) is 0 Å². The van der Waals surface area contributed by atoms with Crippen molar-refractivity contribution in [1.82, 2.24) is 29.9 Å². The van der Waals surface area contributed by atoms with E-state index in [9.17, 15) is 15.3 Å². The number of hydrogen-bond acceptors (Lipinski definition) is 16. The van der Waals surface area contributed by atoms with Crippen LogP contribution in [0.1, 0.15) is 39.5 Å². The summed E-state index contributed by atoms with van der Waals surface area (Å²) in [6, 6.07) is 41.5. The first kappa shape index (κ1) is 44.4. The first-order valence-corrected chi connectivity index (χ1v) is 21.0. The molecule has 0 fully saturated rings. The molecule has 0 aliphatic heterocycles. The van der Waals surface area contributed by atoms with Gasteiger partial charge in [0.2, 0.25) is 23.8 Å². The van der Waals surface area contributed by atoms with Gasteiger partial charge in [-0.3, -0.25) is 0 Å². The van der Waals surface area contributed by atoms with Crippen molar-refractivity contribution < 1.29 is 29.5 Å². The van der Waals surface area contributed by atoms with Gasteiger partial charge in [-0.15, -0.1) is 0 Å². The number of ether oxygens (including phenoxy) is 3. The molecule has 0 aliphatic carbocycles. The van der Waals surface area contributed by atoms with Gasteiger partial charge in [-0.05, 0) is 94.0 Å². The smallest absolute Gasteiger partial charge is 0.232 e. The topological polar surface area (TPSA) is 214 Å². The summed E-state index contributed by atoms with van der Waals surface area (Å²) in [6.07, 6.45) is 0.787. The highest BCUT2D eigenvalue weighted by Crippen LogP contribution is 2.35. The van der Waals surface area contributed by atoms with E-state index in [1.165, 1.54) is 0 Å². The van der Waals surface area contributed by atoms with Crippen LogP contribution in [0.4, 0.5) is 46.5 Å². The highest BCUT2D eigenvalue weighted by molar-refractivity contribution is 5.76. The Labute approximate surface area is 381 Å². The molecule has 0 spiro atoms. The highest BCUT2D eigenvalue weighted by Gasteiger charge is 2.16. The van der Waals surface area contributed by atoms with Crippen molar-refractivity contribution >= 4 is 46.5 Å². The van der Waals surface area contributed by atoms with Gasteiger partial charge in [-0.2, -0.15) is 29.9 Å². The summed E-state index contributed by atoms with van der Waals surface area (Å²) < 4.78 is 16.7. The molecule has 6 aromatic carbocycles. The number of aromatic nitrogens is 6. The van der Waals surface area contributed by atoms with Crippen molar-refractivity contribution in [2.75, 3.05) is 42.6 Å². The molecule has 0 amide bonds. The van der Waals surface area contributed by atoms with Crippen molar-refractivity contribution in [2.45, 2.75) is 32.7 Å². The van der Waals surface area contributed by atoms with Crippen LogP contribution in [-0.2, 0) is 32.7 Å². The standard InChI is InChI=1S/C50H48N10O6/c1-64-40-14-6-9-32(22-40)24-46-56-48(52-39-13-7-15-41(27-39)65-2)60-50(58-46)54-43-19-17-36(26-44(43)66-3)35-16-18-42(37(25-35)30-63)53-49-57-45(23-31-8-4-10-33(20-31)28-61)55-47(59-49)51-38-12-5-11-34(21-38)29-62/h4-22,25-27,61-63H,23-24,28-30H2,1-3H3,(H2,51,53,55,57,59)(H2,52,54,56,58,60). The number of methoxy groups -OCH3 is 3. The molecule has 0 bridgehead atoms. The van der Waals surface area contributed by atoms with E-state index in [0.717, 1.165) is 44.8 Å².